The van der Waals surface area contributed by atoms with Crippen LogP contribution in [0.4, 0.5) is 17.1 Å². The summed E-state index contributed by atoms with van der Waals surface area (Å²) >= 11 is 0. The summed E-state index contributed by atoms with van der Waals surface area (Å²) in [4.78, 5) is 2.41. The molecule has 10 aromatic carbocycles. The molecule has 0 bridgehead atoms. The van der Waals surface area contributed by atoms with Gasteiger partial charge in [-0.25, -0.2) is 0 Å². The summed E-state index contributed by atoms with van der Waals surface area (Å²) < 4.78 is 15.7. The van der Waals surface area contributed by atoms with Crippen LogP contribution in [0.5, 0.6) is 0 Å². The van der Waals surface area contributed by atoms with E-state index in [1.54, 1.807) is 0 Å². The molecule has 4 nitrogen and oxygen atoms in total. The molecule has 0 amide bonds. The summed E-state index contributed by atoms with van der Waals surface area (Å²) in [5.41, 5.74) is 14.5. The molecule has 3 heterocycles. The van der Waals surface area contributed by atoms with Gasteiger partial charge in [-0.3, -0.25) is 0 Å². The highest BCUT2D eigenvalue weighted by Crippen LogP contribution is 2.49. The summed E-state index contributed by atoms with van der Waals surface area (Å²) in [6.45, 7) is 0. The number of furan rings is 2. The summed E-state index contributed by atoms with van der Waals surface area (Å²) in [5.74, 6) is 0. The summed E-state index contributed by atoms with van der Waals surface area (Å²) in [6.07, 6.45) is 0. The Kier molecular flexibility index (Phi) is 7.57. The van der Waals surface area contributed by atoms with Gasteiger partial charge < -0.3 is 18.3 Å². The van der Waals surface area contributed by atoms with Gasteiger partial charge in [0, 0.05) is 49.1 Å². The standard InChI is InChI=1S/C58H36N2O2/c1-2-17-40-37(15-1)16-13-27-48(40)59(39-33-31-38(32-34-39)41-23-14-30-55-56(41)46-21-6-11-28-53(46)61-55)52-36-35-45(58-57(52)47-22-7-12-29-54(47)62-58)44-20-5-10-26-51(44)60-49-24-8-3-18-42(49)43-19-4-9-25-50(43)60/h1-36H. The van der Waals surface area contributed by atoms with Crippen molar-refractivity contribution >= 4 is 93.5 Å². The normalized spacial score (nSPS) is 11.9. The Bertz CT molecular complexity index is 3830. The Morgan fingerprint density at radius 3 is 1.68 bits per heavy atom. The Labute approximate surface area is 356 Å². The highest BCUT2D eigenvalue weighted by atomic mass is 16.3. The van der Waals surface area contributed by atoms with Crippen LogP contribution in [0, 0.1) is 0 Å². The molecular weight excluding hydrogens is 757 g/mol. The van der Waals surface area contributed by atoms with Crippen molar-refractivity contribution < 1.29 is 8.83 Å². The fourth-order valence-electron chi connectivity index (χ4n) is 9.90. The molecule has 0 aliphatic carbocycles. The van der Waals surface area contributed by atoms with Gasteiger partial charge >= 0.3 is 0 Å². The fraction of sp³-hybridized carbons (Fsp3) is 0. The van der Waals surface area contributed by atoms with E-state index in [0.717, 1.165) is 94.3 Å². The number of aromatic nitrogens is 1. The fourth-order valence-corrected chi connectivity index (χ4v) is 9.90. The first-order valence-corrected chi connectivity index (χ1v) is 21.1. The summed E-state index contributed by atoms with van der Waals surface area (Å²) in [7, 11) is 0. The molecule has 0 aliphatic rings. The lowest BCUT2D eigenvalue weighted by Crippen LogP contribution is -2.11. The zero-order valence-electron chi connectivity index (χ0n) is 33.5. The van der Waals surface area contributed by atoms with Gasteiger partial charge in [-0.2, -0.15) is 0 Å². The number of anilines is 3. The van der Waals surface area contributed by atoms with Crippen molar-refractivity contribution in [1.82, 2.24) is 4.57 Å². The Morgan fingerprint density at radius 2 is 0.903 bits per heavy atom. The van der Waals surface area contributed by atoms with E-state index in [9.17, 15) is 0 Å². The second-order valence-electron chi connectivity index (χ2n) is 16.0. The molecule has 0 saturated heterocycles. The third-order valence-corrected chi connectivity index (χ3v) is 12.6. The van der Waals surface area contributed by atoms with Gasteiger partial charge in [0.25, 0.3) is 0 Å². The third kappa shape index (κ3) is 5.14. The molecule has 13 rings (SSSR count). The van der Waals surface area contributed by atoms with Crippen LogP contribution in [-0.4, -0.2) is 4.57 Å². The lowest BCUT2D eigenvalue weighted by atomic mass is 9.97. The molecule has 0 unspecified atom stereocenters. The zero-order valence-corrected chi connectivity index (χ0v) is 33.5. The Hall–Kier alpha value is -8.34. The molecular formula is C58H36N2O2. The molecule has 0 saturated carbocycles. The molecule has 0 aliphatic heterocycles. The highest BCUT2D eigenvalue weighted by molar-refractivity contribution is 6.19. The molecule has 3 aromatic heterocycles. The van der Waals surface area contributed by atoms with Crippen LogP contribution in [0.1, 0.15) is 0 Å². The smallest absolute Gasteiger partial charge is 0.145 e. The number of nitrogens with zero attached hydrogens (tertiary/aromatic N) is 2. The average Bonchev–Trinajstić information content (AvgIpc) is 4.02. The number of fused-ring (bicyclic) bond motifs is 10. The zero-order chi connectivity index (χ0) is 40.7. The topological polar surface area (TPSA) is 34.5 Å². The van der Waals surface area contributed by atoms with E-state index >= 15 is 0 Å². The highest BCUT2D eigenvalue weighted by Gasteiger charge is 2.25. The van der Waals surface area contributed by atoms with Crippen LogP contribution < -0.4 is 4.90 Å². The minimum atomic E-state index is 0.845. The first kappa shape index (κ1) is 34.5. The lowest BCUT2D eigenvalue weighted by molar-refractivity contribution is 0.669. The van der Waals surface area contributed by atoms with Crippen LogP contribution >= 0.6 is 0 Å². The molecule has 290 valence electrons. The van der Waals surface area contributed by atoms with E-state index in [2.05, 4.69) is 216 Å². The average molecular weight is 793 g/mol. The lowest BCUT2D eigenvalue weighted by Gasteiger charge is -2.28. The number of para-hydroxylation sites is 5. The largest absolute Gasteiger partial charge is 0.456 e. The maximum atomic E-state index is 7.04. The van der Waals surface area contributed by atoms with Crippen LogP contribution in [0.25, 0.3) is 104 Å². The molecule has 0 spiro atoms. The van der Waals surface area contributed by atoms with Gasteiger partial charge in [-0.05, 0) is 83.2 Å². The van der Waals surface area contributed by atoms with Crippen molar-refractivity contribution in [2.45, 2.75) is 0 Å². The summed E-state index contributed by atoms with van der Waals surface area (Å²) in [5, 5.41) is 9.17. The van der Waals surface area contributed by atoms with Crippen molar-refractivity contribution in [3.8, 4) is 27.9 Å². The summed E-state index contributed by atoms with van der Waals surface area (Å²) in [6, 6.07) is 77.9. The minimum Gasteiger partial charge on any atom is -0.456 e. The number of hydrogen-bond donors (Lipinski definition) is 0. The van der Waals surface area contributed by atoms with E-state index < -0.39 is 0 Å². The quantitative estimate of drug-likeness (QED) is 0.168. The van der Waals surface area contributed by atoms with Crippen molar-refractivity contribution in [3.05, 3.63) is 218 Å². The molecule has 0 fully saturated rings. The predicted molar refractivity (Wildman–Crippen MR) is 258 cm³/mol. The van der Waals surface area contributed by atoms with Crippen LogP contribution in [-0.2, 0) is 0 Å². The Balaban J connectivity index is 1.05. The SMILES string of the molecule is c1ccc(-n2c3ccccc3c3ccccc32)c(-c2ccc(N(c3ccc(-c4cccc5oc6ccccc6c45)cc3)c3cccc4ccccc34)c3c2oc2ccccc23)c1. The van der Waals surface area contributed by atoms with Crippen molar-refractivity contribution in [3.63, 3.8) is 0 Å². The van der Waals surface area contributed by atoms with E-state index in [4.69, 9.17) is 8.83 Å². The molecule has 13 aromatic rings. The van der Waals surface area contributed by atoms with E-state index in [0.29, 0.717) is 0 Å². The van der Waals surface area contributed by atoms with Crippen LogP contribution in [0.15, 0.2) is 227 Å². The maximum Gasteiger partial charge on any atom is 0.145 e. The first-order chi connectivity index (χ1) is 30.8. The van der Waals surface area contributed by atoms with Gasteiger partial charge in [-0.1, -0.05) is 152 Å². The molecule has 0 atom stereocenters. The molecule has 0 radical (unpaired) electrons. The second-order valence-corrected chi connectivity index (χ2v) is 16.0. The molecule has 4 heteroatoms. The van der Waals surface area contributed by atoms with Gasteiger partial charge in [-0.15, -0.1) is 0 Å². The first-order valence-electron chi connectivity index (χ1n) is 21.1. The van der Waals surface area contributed by atoms with E-state index in [-0.39, 0.29) is 0 Å². The predicted octanol–water partition coefficient (Wildman–Crippen LogP) is 16.5. The van der Waals surface area contributed by atoms with E-state index in [1.165, 1.54) is 27.2 Å². The minimum absolute atomic E-state index is 0.845. The second kappa shape index (κ2) is 13.6. The van der Waals surface area contributed by atoms with Gasteiger partial charge in [0.05, 0.1) is 33.5 Å². The van der Waals surface area contributed by atoms with Gasteiger partial charge in [0.1, 0.15) is 22.3 Å². The number of hydrogen-bond acceptors (Lipinski definition) is 3. The van der Waals surface area contributed by atoms with Crippen molar-refractivity contribution in [1.29, 1.82) is 0 Å². The Morgan fingerprint density at radius 1 is 0.339 bits per heavy atom. The molecule has 62 heavy (non-hydrogen) atoms. The number of benzene rings is 10. The van der Waals surface area contributed by atoms with Crippen molar-refractivity contribution in [2.24, 2.45) is 0 Å². The van der Waals surface area contributed by atoms with Crippen LogP contribution in [0.3, 0.4) is 0 Å². The van der Waals surface area contributed by atoms with Crippen molar-refractivity contribution in [2.75, 3.05) is 4.90 Å². The number of rotatable bonds is 6. The third-order valence-electron chi connectivity index (χ3n) is 12.6. The molecule has 0 N–H and O–H groups in total. The van der Waals surface area contributed by atoms with Crippen LogP contribution in [0.2, 0.25) is 0 Å². The maximum absolute atomic E-state index is 7.04. The van der Waals surface area contributed by atoms with Gasteiger partial charge in [0.2, 0.25) is 0 Å². The van der Waals surface area contributed by atoms with E-state index in [1.807, 2.05) is 12.1 Å². The monoisotopic (exact) mass is 792 g/mol. The van der Waals surface area contributed by atoms with Gasteiger partial charge in [0.15, 0.2) is 0 Å².